The average molecular weight is 390 g/mol. The summed E-state index contributed by atoms with van der Waals surface area (Å²) in [5.41, 5.74) is 0. The maximum absolute atomic E-state index is 11.2. The molecule has 0 aromatic heterocycles. The fraction of sp³-hybridized carbons (Fsp3) is 1.00. The fourth-order valence-electron chi connectivity index (χ4n) is 1.48. The Hall–Kier alpha value is 0.250. The Labute approximate surface area is 121 Å². The van der Waals surface area contributed by atoms with Gasteiger partial charge in [-0.05, 0) is 0 Å². The lowest BCUT2D eigenvalue weighted by molar-refractivity contribution is -0.131. The van der Waals surface area contributed by atoms with Gasteiger partial charge >= 0.3 is 23.2 Å². The summed E-state index contributed by atoms with van der Waals surface area (Å²) in [6.07, 6.45) is -8.67. The molecule has 14 nitrogen and oxygen atoms in total. The minimum Gasteiger partial charge on any atom is -0.387 e. The van der Waals surface area contributed by atoms with E-state index >= 15 is 0 Å². The molecule has 0 bridgehead atoms. The molecule has 0 saturated carbocycles. The molecule has 3 unspecified atom stereocenters. The van der Waals surface area contributed by atoms with Gasteiger partial charge in [0.25, 0.3) is 0 Å². The standard InChI is InChI=1S/C5H13O14P3/c6-1-2(7)5(17-3(1)4(8)20(9,10)11)18-22(15,16)19-21(12,13)14/h1-8H,(H,15,16)(H2,9,10,11)(H2,12,13,14)/t1-,2+,3-,4?,5?/m0/s1. The van der Waals surface area contributed by atoms with Crippen molar-refractivity contribution >= 4 is 23.2 Å². The second kappa shape index (κ2) is 6.63. The quantitative estimate of drug-likeness (QED) is 0.213. The van der Waals surface area contributed by atoms with Crippen molar-refractivity contribution in [3.05, 3.63) is 0 Å². The van der Waals surface area contributed by atoms with Gasteiger partial charge in [-0.25, -0.2) is 9.13 Å². The van der Waals surface area contributed by atoms with Crippen LogP contribution in [-0.2, 0) is 27.3 Å². The molecule has 22 heavy (non-hydrogen) atoms. The minimum atomic E-state index is -5.46. The van der Waals surface area contributed by atoms with Crippen LogP contribution in [0.2, 0.25) is 0 Å². The summed E-state index contributed by atoms with van der Waals surface area (Å²) in [6.45, 7) is 0. The van der Waals surface area contributed by atoms with Gasteiger partial charge in [-0.3, -0.25) is 9.09 Å². The van der Waals surface area contributed by atoms with E-state index in [4.69, 9.17) is 24.5 Å². The topological polar surface area (TPSA) is 241 Å². The third kappa shape index (κ3) is 5.41. The van der Waals surface area contributed by atoms with Crippen molar-refractivity contribution in [3.63, 3.8) is 0 Å². The maximum Gasteiger partial charge on any atom is 0.483 e. The Morgan fingerprint density at radius 3 is 1.86 bits per heavy atom. The van der Waals surface area contributed by atoms with Crippen molar-refractivity contribution in [3.8, 4) is 0 Å². The summed E-state index contributed by atoms with van der Waals surface area (Å²) in [7, 11) is -16.1. The minimum absolute atomic E-state index is 2.10. The lowest BCUT2D eigenvalue weighted by atomic mass is 10.1. The van der Waals surface area contributed by atoms with Crippen molar-refractivity contribution in [1.29, 1.82) is 0 Å². The number of hydrogen-bond donors (Lipinski definition) is 8. The molecule has 0 aromatic rings. The van der Waals surface area contributed by atoms with E-state index in [0.29, 0.717) is 0 Å². The highest BCUT2D eigenvalue weighted by Crippen LogP contribution is 2.59. The number of hydrogen-bond acceptors (Lipinski definition) is 9. The monoisotopic (exact) mass is 390 g/mol. The Morgan fingerprint density at radius 2 is 1.45 bits per heavy atom. The summed E-state index contributed by atoms with van der Waals surface area (Å²) in [4.78, 5) is 43.3. The molecule has 1 aliphatic rings. The van der Waals surface area contributed by atoms with E-state index in [2.05, 4.69) is 13.6 Å². The molecule has 17 heteroatoms. The number of aliphatic hydroxyl groups is 3. The summed E-state index contributed by atoms with van der Waals surface area (Å²) in [6, 6.07) is 0. The molecule has 0 radical (unpaired) electrons. The molecule has 1 rings (SSSR count). The molecule has 1 saturated heterocycles. The van der Waals surface area contributed by atoms with E-state index in [1.165, 1.54) is 0 Å². The summed E-state index contributed by atoms with van der Waals surface area (Å²) >= 11 is 0. The summed E-state index contributed by atoms with van der Waals surface area (Å²) < 4.78 is 44.5. The van der Waals surface area contributed by atoms with Crippen LogP contribution in [0.1, 0.15) is 0 Å². The SMILES string of the molecule is O=P(O)(O)OP(=O)(O)OC1O[C@H](C(O)P(=O)(O)O)[C@@H](O)[C@H]1O. The molecule has 1 fully saturated rings. The Kier molecular flexibility index (Phi) is 6.12. The lowest BCUT2D eigenvalue weighted by Crippen LogP contribution is -2.38. The molecule has 0 aromatic carbocycles. The van der Waals surface area contributed by atoms with Crippen molar-refractivity contribution in [2.75, 3.05) is 0 Å². The smallest absolute Gasteiger partial charge is 0.387 e. The molecule has 8 N–H and O–H groups in total. The molecule has 1 aliphatic heterocycles. The summed E-state index contributed by atoms with van der Waals surface area (Å²) in [5, 5.41) is 28.2. The molecular weight excluding hydrogens is 377 g/mol. The third-order valence-electron chi connectivity index (χ3n) is 2.34. The van der Waals surface area contributed by atoms with Crippen molar-refractivity contribution in [2.24, 2.45) is 0 Å². The largest absolute Gasteiger partial charge is 0.483 e. The van der Waals surface area contributed by atoms with Crippen molar-refractivity contribution in [2.45, 2.75) is 30.4 Å². The van der Waals surface area contributed by atoms with E-state index in [1.54, 1.807) is 0 Å². The van der Waals surface area contributed by atoms with Gasteiger partial charge in [0, 0.05) is 0 Å². The molecule has 0 aliphatic carbocycles. The number of rotatable bonds is 6. The zero-order chi connectivity index (χ0) is 17.5. The maximum atomic E-state index is 11.2. The highest BCUT2D eigenvalue weighted by molar-refractivity contribution is 7.60. The molecule has 1 heterocycles. The van der Waals surface area contributed by atoms with Crippen molar-refractivity contribution in [1.82, 2.24) is 0 Å². The zero-order valence-corrected chi connectivity index (χ0v) is 12.9. The van der Waals surface area contributed by atoms with Crippen LogP contribution in [0, 0.1) is 0 Å². The first kappa shape index (κ1) is 20.3. The van der Waals surface area contributed by atoms with E-state index in [0.717, 1.165) is 0 Å². The molecule has 0 amide bonds. The van der Waals surface area contributed by atoms with Gasteiger partial charge in [-0.1, -0.05) is 0 Å². The van der Waals surface area contributed by atoms with E-state index in [-0.39, 0.29) is 0 Å². The predicted molar refractivity (Wildman–Crippen MR) is 62.8 cm³/mol. The van der Waals surface area contributed by atoms with Crippen LogP contribution in [-0.4, -0.2) is 70.2 Å². The van der Waals surface area contributed by atoms with E-state index < -0.39 is 53.7 Å². The van der Waals surface area contributed by atoms with Gasteiger partial charge in [0.05, 0.1) is 0 Å². The lowest BCUT2D eigenvalue weighted by Gasteiger charge is -2.21. The number of phosphoric acid groups is 2. The molecular formula is C5H13O14P3. The van der Waals surface area contributed by atoms with Gasteiger partial charge in [-0.2, -0.15) is 4.31 Å². The van der Waals surface area contributed by atoms with Gasteiger partial charge < -0.3 is 44.5 Å². The second-order valence-corrected chi connectivity index (χ2v) is 8.59. The van der Waals surface area contributed by atoms with Crippen LogP contribution in [0.15, 0.2) is 0 Å². The molecule has 6 atom stereocenters. The van der Waals surface area contributed by atoms with Gasteiger partial charge in [0.15, 0.2) is 12.1 Å². The first-order chi connectivity index (χ1) is 9.64. The van der Waals surface area contributed by atoms with Crippen molar-refractivity contribution < 1.29 is 67.1 Å². The van der Waals surface area contributed by atoms with E-state index in [1.807, 2.05) is 0 Å². The summed E-state index contributed by atoms with van der Waals surface area (Å²) in [5.74, 6) is -2.59. The van der Waals surface area contributed by atoms with Crippen LogP contribution < -0.4 is 0 Å². The number of phosphoric ester groups is 1. The second-order valence-electron chi connectivity index (χ2n) is 4.10. The Balaban J connectivity index is 2.85. The first-order valence-electron chi connectivity index (χ1n) is 5.17. The number of aliphatic hydroxyl groups excluding tert-OH is 3. The van der Waals surface area contributed by atoms with Gasteiger partial charge in [0.1, 0.15) is 18.3 Å². The highest BCUT2D eigenvalue weighted by Gasteiger charge is 2.53. The molecule has 0 spiro atoms. The van der Waals surface area contributed by atoms with Crippen LogP contribution >= 0.6 is 23.2 Å². The predicted octanol–water partition coefficient (Wildman–Crippen LogP) is -2.84. The fourth-order valence-corrected chi connectivity index (χ4v) is 3.78. The van der Waals surface area contributed by atoms with Crippen LogP contribution in [0.4, 0.5) is 0 Å². The first-order valence-corrected chi connectivity index (χ1v) is 9.88. The van der Waals surface area contributed by atoms with Crippen LogP contribution in [0.3, 0.4) is 0 Å². The third-order valence-corrected chi connectivity index (χ3v) is 5.48. The van der Waals surface area contributed by atoms with Crippen LogP contribution in [0.5, 0.6) is 0 Å². The molecule has 132 valence electrons. The van der Waals surface area contributed by atoms with Gasteiger partial charge in [-0.15, -0.1) is 0 Å². The number of ether oxygens (including phenoxy) is 1. The van der Waals surface area contributed by atoms with E-state index in [9.17, 15) is 29.0 Å². The zero-order valence-electron chi connectivity index (χ0n) is 10.3. The highest BCUT2D eigenvalue weighted by atomic mass is 31.3. The Morgan fingerprint density at radius 1 is 0.955 bits per heavy atom. The normalized spacial score (nSPS) is 34.4. The van der Waals surface area contributed by atoms with Crippen LogP contribution in [0.25, 0.3) is 0 Å². The Bertz CT molecular complexity index is 535. The van der Waals surface area contributed by atoms with Gasteiger partial charge in [0.2, 0.25) is 0 Å². The average Bonchev–Trinajstić information content (AvgIpc) is 2.51.